The van der Waals surface area contributed by atoms with Crippen molar-refractivity contribution in [2.24, 2.45) is 10.9 Å². The molecule has 2 amide bonds. The maximum absolute atomic E-state index is 12.7. The minimum Gasteiger partial charge on any atom is -0.301 e. The lowest BCUT2D eigenvalue weighted by Crippen LogP contribution is -2.58. The molecule has 0 aliphatic carbocycles. The number of aliphatic imine (C=N–C) groups is 1. The molecule has 1 aliphatic rings. The monoisotopic (exact) mass is 391 g/mol. The topological polar surface area (TPSA) is 61.8 Å². The molecule has 1 atom stereocenters. The highest BCUT2D eigenvalue weighted by Gasteiger charge is 2.38. The number of halogens is 2. The van der Waals surface area contributed by atoms with Crippen molar-refractivity contribution in [3.63, 3.8) is 0 Å². The number of carbonyl (C=O) groups is 2. The summed E-state index contributed by atoms with van der Waals surface area (Å²) in [6.07, 6.45) is 1.29. The molecule has 0 spiro atoms. The SMILES string of the molecule is O=C1NC(=S)N(c2ccc(Cl)cc2)C(=O)[C@@H]1C=Nc1cccc(Cl)c1. The van der Waals surface area contributed by atoms with Crippen LogP contribution in [0.2, 0.25) is 10.0 Å². The molecule has 0 saturated carbocycles. The van der Waals surface area contributed by atoms with Crippen molar-refractivity contribution in [2.45, 2.75) is 0 Å². The second kappa shape index (κ2) is 7.31. The van der Waals surface area contributed by atoms with Crippen LogP contribution in [0.4, 0.5) is 11.4 Å². The van der Waals surface area contributed by atoms with E-state index in [9.17, 15) is 9.59 Å². The maximum Gasteiger partial charge on any atom is 0.251 e. The minimum absolute atomic E-state index is 0.0183. The van der Waals surface area contributed by atoms with Gasteiger partial charge in [-0.25, -0.2) is 0 Å². The Hall–Kier alpha value is -2.28. The van der Waals surface area contributed by atoms with E-state index in [2.05, 4.69) is 10.3 Å². The molecule has 3 rings (SSSR count). The van der Waals surface area contributed by atoms with Crippen LogP contribution < -0.4 is 10.2 Å². The van der Waals surface area contributed by atoms with Crippen LogP contribution in [0.3, 0.4) is 0 Å². The van der Waals surface area contributed by atoms with Crippen molar-refractivity contribution < 1.29 is 9.59 Å². The molecule has 2 aromatic carbocycles. The van der Waals surface area contributed by atoms with E-state index < -0.39 is 17.7 Å². The molecule has 0 bridgehead atoms. The molecule has 0 radical (unpaired) electrons. The molecule has 1 fully saturated rings. The van der Waals surface area contributed by atoms with Crippen molar-refractivity contribution in [1.29, 1.82) is 0 Å². The van der Waals surface area contributed by atoms with E-state index in [-0.39, 0.29) is 5.11 Å². The van der Waals surface area contributed by atoms with E-state index in [1.54, 1.807) is 48.5 Å². The summed E-state index contributed by atoms with van der Waals surface area (Å²) in [5, 5.41) is 3.58. The van der Waals surface area contributed by atoms with Gasteiger partial charge in [-0.15, -0.1) is 0 Å². The minimum atomic E-state index is -1.10. The third kappa shape index (κ3) is 3.87. The average molecular weight is 392 g/mol. The Morgan fingerprint density at radius 2 is 1.80 bits per heavy atom. The standard InChI is InChI=1S/C17H11Cl2N3O2S/c18-10-4-6-13(7-5-10)22-16(24)14(15(23)21-17(22)25)9-20-12-3-1-2-11(19)8-12/h1-9,14H,(H,21,23,25)/t14-/m1/s1. The van der Waals surface area contributed by atoms with Gasteiger partial charge in [0.05, 0.1) is 11.4 Å². The molecule has 0 aromatic heterocycles. The number of rotatable bonds is 3. The van der Waals surface area contributed by atoms with E-state index in [4.69, 9.17) is 35.4 Å². The van der Waals surface area contributed by atoms with Crippen LogP contribution in [0.15, 0.2) is 53.5 Å². The zero-order valence-corrected chi connectivity index (χ0v) is 15.0. The number of amides is 2. The van der Waals surface area contributed by atoms with Crippen LogP contribution >= 0.6 is 35.4 Å². The fourth-order valence-electron chi connectivity index (χ4n) is 2.27. The second-order valence-corrected chi connectivity index (χ2v) is 6.44. The van der Waals surface area contributed by atoms with E-state index >= 15 is 0 Å². The summed E-state index contributed by atoms with van der Waals surface area (Å²) in [6, 6.07) is 13.4. The Labute approximate surface area is 159 Å². The van der Waals surface area contributed by atoms with Gasteiger partial charge < -0.3 is 5.32 Å². The Kier molecular flexibility index (Phi) is 5.13. The lowest BCUT2D eigenvalue weighted by Gasteiger charge is -2.30. The summed E-state index contributed by atoms with van der Waals surface area (Å²) in [5.74, 6) is -2.10. The quantitative estimate of drug-likeness (QED) is 0.492. The lowest BCUT2D eigenvalue weighted by molar-refractivity contribution is -0.130. The molecule has 5 nitrogen and oxygen atoms in total. The predicted molar refractivity (Wildman–Crippen MR) is 103 cm³/mol. The number of anilines is 1. The summed E-state index contributed by atoms with van der Waals surface area (Å²) < 4.78 is 0. The van der Waals surface area contributed by atoms with E-state index in [0.29, 0.717) is 21.4 Å². The van der Waals surface area contributed by atoms with Crippen LogP contribution in [-0.2, 0) is 9.59 Å². The van der Waals surface area contributed by atoms with Gasteiger partial charge in [-0.05, 0) is 54.7 Å². The summed E-state index contributed by atoms with van der Waals surface area (Å²) >= 11 is 16.9. The fraction of sp³-hybridized carbons (Fsp3) is 0.0588. The van der Waals surface area contributed by atoms with Crippen molar-refractivity contribution in [1.82, 2.24) is 5.32 Å². The Morgan fingerprint density at radius 1 is 1.08 bits per heavy atom. The second-order valence-electron chi connectivity index (χ2n) is 5.18. The summed E-state index contributed by atoms with van der Waals surface area (Å²) in [5.41, 5.74) is 1.06. The number of carbonyl (C=O) groups excluding carboxylic acids is 2. The lowest BCUT2D eigenvalue weighted by atomic mass is 10.1. The first-order valence-electron chi connectivity index (χ1n) is 7.20. The highest BCUT2D eigenvalue weighted by atomic mass is 35.5. The van der Waals surface area contributed by atoms with E-state index in [0.717, 1.165) is 0 Å². The summed E-state index contributed by atoms with van der Waals surface area (Å²) in [7, 11) is 0. The van der Waals surface area contributed by atoms with Crippen LogP contribution in [0, 0.1) is 5.92 Å². The van der Waals surface area contributed by atoms with Gasteiger partial charge in [0.15, 0.2) is 11.0 Å². The molecular formula is C17H11Cl2N3O2S. The van der Waals surface area contributed by atoms with Gasteiger partial charge in [-0.3, -0.25) is 19.5 Å². The van der Waals surface area contributed by atoms with Gasteiger partial charge in [-0.2, -0.15) is 0 Å². The Bertz CT molecular complexity index is 884. The van der Waals surface area contributed by atoms with Crippen molar-refractivity contribution in [3.8, 4) is 0 Å². The molecule has 1 aliphatic heterocycles. The van der Waals surface area contributed by atoms with Gasteiger partial charge in [-0.1, -0.05) is 29.3 Å². The van der Waals surface area contributed by atoms with Crippen LogP contribution in [0.1, 0.15) is 0 Å². The molecule has 8 heteroatoms. The first kappa shape index (κ1) is 17.5. The van der Waals surface area contributed by atoms with E-state index in [1.807, 2.05) is 0 Å². The van der Waals surface area contributed by atoms with Gasteiger partial charge in [0.2, 0.25) is 5.91 Å². The predicted octanol–water partition coefficient (Wildman–Crippen LogP) is 3.76. The molecule has 126 valence electrons. The van der Waals surface area contributed by atoms with Gasteiger partial charge >= 0.3 is 0 Å². The number of hydrogen-bond acceptors (Lipinski definition) is 4. The third-order valence-corrected chi connectivity index (χ3v) is 4.24. The van der Waals surface area contributed by atoms with Crippen LogP contribution in [0.5, 0.6) is 0 Å². The summed E-state index contributed by atoms with van der Waals surface area (Å²) in [4.78, 5) is 30.3. The van der Waals surface area contributed by atoms with Gasteiger partial charge in [0.1, 0.15) is 0 Å². The number of hydrogen-bond donors (Lipinski definition) is 1. The van der Waals surface area contributed by atoms with Gasteiger partial charge in [0.25, 0.3) is 5.91 Å². The third-order valence-electron chi connectivity index (χ3n) is 3.47. The van der Waals surface area contributed by atoms with Crippen molar-refractivity contribution >= 4 is 69.9 Å². The maximum atomic E-state index is 12.7. The van der Waals surface area contributed by atoms with E-state index in [1.165, 1.54) is 11.1 Å². The first-order valence-corrected chi connectivity index (χ1v) is 8.36. The molecule has 1 heterocycles. The molecule has 0 unspecified atom stereocenters. The average Bonchev–Trinajstić information content (AvgIpc) is 2.56. The van der Waals surface area contributed by atoms with Crippen molar-refractivity contribution in [2.75, 3.05) is 4.90 Å². The number of nitrogens with zero attached hydrogens (tertiary/aromatic N) is 2. The molecule has 2 aromatic rings. The number of thiocarbonyl (C=S) groups is 1. The molecule has 1 N–H and O–H groups in total. The van der Waals surface area contributed by atoms with Crippen LogP contribution in [0.25, 0.3) is 0 Å². The zero-order valence-electron chi connectivity index (χ0n) is 12.6. The number of benzene rings is 2. The highest BCUT2D eigenvalue weighted by molar-refractivity contribution is 7.80. The summed E-state index contributed by atoms with van der Waals surface area (Å²) in [6.45, 7) is 0. The largest absolute Gasteiger partial charge is 0.301 e. The Morgan fingerprint density at radius 3 is 2.48 bits per heavy atom. The van der Waals surface area contributed by atoms with Gasteiger partial charge in [0, 0.05) is 16.3 Å². The normalized spacial score (nSPS) is 17.9. The molecule has 1 saturated heterocycles. The number of nitrogens with one attached hydrogen (secondary N) is 1. The molecule has 25 heavy (non-hydrogen) atoms. The first-order chi connectivity index (χ1) is 12.0. The fourth-order valence-corrected chi connectivity index (χ4v) is 2.88. The highest BCUT2D eigenvalue weighted by Crippen LogP contribution is 2.23. The smallest absolute Gasteiger partial charge is 0.251 e. The Balaban J connectivity index is 1.89. The van der Waals surface area contributed by atoms with Crippen LogP contribution in [-0.4, -0.2) is 23.1 Å². The van der Waals surface area contributed by atoms with Crippen molar-refractivity contribution in [3.05, 3.63) is 58.6 Å². The zero-order chi connectivity index (χ0) is 18.0. The molecular weight excluding hydrogens is 381 g/mol.